The summed E-state index contributed by atoms with van der Waals surface area (Å²) in [4.78, 5) is 37.9. The second-order valence-corrected chi connectivity index (χ2v) is 23.4. The number of phosphoric ester groups is 1. The quantitative estimate of drug-likeness (QED) is 0.0195. The van der Waals surface area contributed by atoms with Crippen LogP contribution in [0.4, 0.5) is 0 Å². The molecular weight excluding hydrogens is 966 g/mol. The van der Waals surface area contributed by atoms with Gasteiger partial charge in [-0.25, -0.2) is 0 Å². The number of rotatable bonds is 57. The van der Waals surface area contributed by atoms with E-state index in [1.54, 1.807) is 0 Å². The lowest BCUT2D eigenvalue weighted by atomic mass is 10.0. The van der Waals surface area contributed by atoms with Crippen LogP contribution in [0.3, 0.4) is 0 Å². The molecule has 2 atom stereocenters. The van der Waals surface area contributed by atoms with E-state index >= 15 is 0 Å². The van der Waals surface area contributed by atoms with Crippen LogP contribution in [0.25, 0.3) is 0 Å². The van der Waals surface area contributed by atoms with Gasteiger partial charge < -0.3 is 27.9 Å². The molecule has 0 saturated heterocycles. The first kappa shape index (κ1) is 73.2. The van der Waals surface area contributed by atoms with Crippen molar-refractivity contribution in [2.45, 2.75) is 277 Å². The number of phosphoric acid groups is 1. The number of likely N-dealkylation sites (N-methyl/N-ethyl adjacent to an activating group) is 1. The topological polar surface area (TPSA) is 111 Å². The molecule has 440 valence electrons. The molecule has 0 aromatic heterocycles. The highest BCUT2D eigenvalue weighted by Gasteiger charge is 2.22. The fourth-order valence-corrected chi connectivity index (χ4v) is 9.33. The number of nitrogens with zero attached hydrogens (tertiary/aromatic N) is 1. The number of carbonyl (C=O) groups excluding carboxylic acids is 2. The molecule has 0 aromatic rings. The number of hydrogen-bond acceptors (Lipinski definition) is 8. The SMILES string of the molecule is CC/C=C\C/C=C\C/C=C\C/C=C\C/C=C\CCCCCCCCCCCCCCCCCCCCCC(=O)OC(COC(=O)CCCCCCCCC/C=C\C/C=C\CCCCC)COP(=O)([O-])OCC[N+](C)(C)C. The largest absolute Gasteiger partial charge is 0.756 e. The molecule has 0 aliphatic rings. The van der Waals surface area contributed by atoms with E-state index in [9.17, 15) is 19.0 Å². The van der Waals surface area contributed by atoms with E-state index in [1.807, 2.05) is 21.1 Å². The van der Waals surface area contributed by atoms with E-state index in [0.29, 0.717) is 17.4 Å². The summed E-state index contributed by atoms with van der Waals surface area (Å²) in [6.45, 7) is 4.11. The predicted molar refractivity (Wildman–Crippen MR) is 323 cm³/mol. The molecule has 0 aromatic carbocycles. The third-order valence-electron chi connectivity index (χ3n) is 13.4. The van der Waals surface area contributed by atoms with Crippen molar-refractivity contribution >= 4 is 19.8 Å². The van der Waals surface area contributed by atoms with Crippen LogP contribution in [-0.2, 0) is 32.7 Å². The zero-order chi connectivity index (χ0) is 55.6. The first-order chi connectivity index (χ1) is 37.0. The van der Waals surface area contributed by atoms with Crippen molar-refractivity contribution in [1.82, 2.24) is 0 Å². The van der Waals surface area contributed by atoms with Gasteiger partial charge in [-0.1, -0.05) is 253 Å². The van der Waals surface area contributed by atoms with E-state index in [1.165, 1.54) is 148 Å². The van der Waals surface area contributed by atoms with Crippen molar-refractivity contribution in [2.75, 3.05) is 47.5 Å². The molecule has 2 unspecified atom stereocenters. The Hall–Kier alpha value is -2.81. The minimum atomic E-state index is -4.64. The van der Waals surface area contributed by atoms with Gasteiger partial charge in [0, 0.05) is 12.8 Å². The van der Waals surface area contributed by atoms with Gasteiger partial charge in [0.25, 0.3) is 7.82 Å². The third-order valence-corrected chi connectivity index (χ3v) is 14.4. The Bertz CT molecular complexity index is 1560. The highest BCUT2D eigenvalue weighted by Crippen LogP contribution is 2.38. The molecule has 9 nitrogen and oxygen atoms in total. The minimum Gasteiger partial charge on any atom is -0.756 e. The molecule has 0 spiro atoms. The van der Waals surface area contributed by atoms with Gasteiger partial charge in [0.1, 0.15) is 19.8 Å². The Balaban J connectivity index is 4.02. The smallest absolute Gasteiger partial charge is 0.306 e. The molecule has 0 radical (unpaired) electrons. The lowest BCUT2D eigenvalue weighted by Crippen LogP contribution is -2.37. The van der Waals surface area contributed by atoms with Crippen molar-refractivity contribution in [3.63, 3.8) is 0 Å². The second-order valence-electron chi connectivity index (χ2n) is 22.0. The lowest BCUT2D eigenvalue weighted by Gasteiger charge is -2.28. The van der Waals surface area contributed by atoms with Crippen molar-refractivity contribution < 1.29 is 42.1 Å². The van der Waals surface area contributed by atoms with Crippen molar-refractivity contribution in [3.05, 3.63) is 85.1 Å². The maximum atomic E-state index is 12.8. The maximum Gasteiger partial charge on any atom is 0.306 e. The average Bonchev–Trinajstić information content (AvgIpc) is 3.38. The van der Waals surface area contributed by atoms with Crippen LogP contribution < -0.4 is 4.89 Å². The van der Waals surface area contributed by atoms with Crippen LogP contribution in [-0.4, -0.2) is 70.0 Å². The minimum absolute atomic E-state index is 0.0335. The van der Waals surface area contributed by atoms with Gasteiger partial charge in [0.15, 0.2) is 6.10 Å². The van der Waals surface area contributed by atoms with E-state index in [4.69, 9.17) is 18.5 Å². The highest BCUT2D eigenvalue weighted by atomic mass is 31.2. The van der Waals surface area contributed by atoms with Gasteiger partial charge in [-0.15, -0.1) is 0 Å². The molecule has 0 rings (SSSR count). The molecule has 0 saturated carbocycles. The molecule has 0 N–H and O–H groups in total. The highest BCUT2D eigenvalue weighted by molar-refractivity contribution is 7.45. The van der Waals surface area contributed by atoms with E-state index in [0.717, 1.165) is 89.9 Å². The van der Waals surface area contributed by atoms with Gasteiger partial charge in [0.05, 0.1) is 27.7 Å². The Morgan fingerprint density at radius 3 is 1.12 bits per heavy atom. The standard InChI is InChI=1S/C66H118NO8P/c1-6-8-10-12-14-16-18-20-22-24-25-26-27-28-29-30-31-32-33-34-35-36-37-38-39-40-41-43-45-47-49-51-53-55-57-59-66(69)75-64(63-74-76(70,71)73-61-60-67(3,4)5)62-72-65(68)58-56-54-52-50-48-46-44-42-23-21-19-17-15-13-11-9-7-2/h8,10,14-17,20-23,25-26,28-29,64H,6-7,9,11-13,18-19,24,27,30-63H2,1-5H3/b10-8-,16-14-,17-15-,22-20-,23-21-,26-25-,29-28-. The van der Waals surface area contributed by atoms with Gasteiger partial charge in [-0.3, -0.25) is 14.2 Å². The van der Waals surface area contributed by atoms with Crippen LogP contribution in [0.15, 0.2) is 85.1 Å². The van der Waals surface area contributed by atoms with E-state index in [-0.39, 0.29) is 32.0 Å². The molecule has 10 heteroatoms. The van der Waals surface area contributed by atoms with Gasteiger partial charge in [0.2, 0.25) is 0 Å². The van der Waals surface area contributed by atoms with Crippen molar-refractivity contribution in [1.29, 1.82) is 0 Å². The van der Waals surface area contributed by atoms with Gasteiger partial charge in [-0.2, -0.15) is 0 Å². The lowest BCUT2D eigenvalue weighted by molar-refractivity contribution is -0.870. The normalized spacial score (nSPS) is 13.8. The Kier molecular flexibility index (Phi) is 54.8. The van der Waals surface area contributed by atoms with Crippen molar-refractivity contribution in [3.8, 4) is 0 Å². The Morgan fingerprint density at radius 1 is 0.421 bits per heavy atom. The monoisotopic (exact) mass is 1080 g/mol. The zero-order valence-electron chi connectivity index (χ0n) is 49.9. The molecule has 76 heavy (non-hydrogen) atoms. The fraction of sp³-hybridized carbons (Fsp3) is 0.758. The molecule has 0 fully saturated rings. The van der Waals surface area contributed by atoms with E-state index < -0.39 is 26.5 Å². The summed E-state index contributed by atoms with van der Waals surface area (Å²) < 4.78 is 34.2. The summed E-state index contributed by atoms with van der Waals surface area (Å²) in [5.74, 6) is -0.836. The molecule has 0 amide bonds. The molecule has 0 bridgehead atoms. The van der Waals surface area contributed by atoms with E-state index in [2.05, 4.69) is 98.9 Å². The summed E-state index contributed by atoms with van der Waals surface area (Å²) in [6.07, 6.45) is 76.5. The summed E-state index contributed by atoms with van der Waals surface area (Å²) in [6, 6.07) is 0. The molecule has 0 aliphatic heterocycles. The molecular formula is C66H118NO8P. The molecule has 0 heterocycles. The summed E-state index contributed by atoms with van der Waals surface area (Å²) in [5, 5.41) is 0. The number of carbonyl (C=O) groups is 2. The van der Waals surface area contributed by atoms with Crippen LogP contribution in [0.5, 0.6) is 0 Å². The number of unbranched alkanes of at least 4 members (excludes halogenated alkanes) is 29. The van der Waals surface area contributed by atoms with Crippen LogP contribution in [0, 0.1) is 0 Å². The first-order valence-corrected chi connectivity index (χ1v) is 32.8. The van der Waals surface area contributed by atoms with Gasteiger partial charge >= 0.3 is 11.9 Å². The number of esters is 2. The number of quaternary nitrogens is 1. The summed E-state index contributed by atoms with van der Waals surface area (Å²) in [5.41, 5.74) is 0. The predicted octanol–water partition coefficient (Wildman–Crippen LogP) is 19.2. The fourth-order valence-electron chi connectivity index (χ4n) is 8.60. The Labute approximate surface area is 469 Å². The number of ether oxygens (including phenoxy) is 2. The number of allylic oxidation sites excluding steroid dienone is 14. The van der Waals surface area contributed by atoms with Gasteiger partial charge in [-0.05, 0) is 89.9 Å². The maximum absolute atomic E-state index is 12.8. The van der Waals surface area contributed by atoms with Crippen molar-refractivity contribution in [2.24, 2.45) is 0 Å². The van der Waals surface area contributed by atoms with Crippen LogP contribution in [0.1, 0.15) is 271 Å². The summed E-state index contributed by atoms with van der Waals surface area (Å²) >= 11 is 0. The Morgan fingerprint density at radius 2 is 0.750 bits per heavy atom. The average molecular weight is 1080 g/mol. The van der Waals surface area contributed by atoms with Crippen LogP contribution >= 0.6 is 7.82 Å². The number of hydrogen-bond donors (Lipinski definition) is 0. The first-order valence-electron chi connectivity index (χ1n) is 31.3. The second kappa shape index (κ2) is 56.9. The summed E-state index contributed by atoms with van der Waals surface area (Å²) in [7, 11) is 1.16. The third kappa shape index (κ3) is 60.4. The van der Waals surface area contributed by atoms with Crippen LogP contribution in [0.2, 0.25) is 0 Å². The zero-order valence-corrected chi connectivity index (χ0v) is 50.8. The molecule has 0 aliphatic carbocycles.